The van der Waals surface area contributed by atoms with Crippen LogP contribution in [0.1, 0.15) is 24.1 Å². The van der Waals surface area contributed by atoms with Crippen LogP contribution in [0.3, 0.4) is 0 Å². The minimum absolute atomic E-state index is 0.0711. The lowest BCUT2D eigenvalue weighted by molar-refractivity contribution is -0.110. The molecule has 1 amide bonds. The van der Waals surface area contributed by atoms with E-state index in [1.165, 1.54) is 12.1 Å². The number of aromatic nitrogens is 1. The van der Waals surface area contributed by atoms with Gasteiger partial charge in [-0.05, 0) is 25.0 Å². The van der Waals surface area contributed by atoms with Gasteiger partial charge in [0.2, 0.25) is 0 Å². The number of sulfone groups is 1. The first kappa shape index (κ1) is 19.4. The fourth-order valence-corrected chi connectivity index (χ4v) is 6.27. The zero-order valence-electron chi connectivity index (χ0n) is 14.5. The quantitative estimate of drug-likeness (QED) is 0.518. The number of hydrogen-bond donors (Lipinski definition) is 1. The molecule has 150 valence electrons. The van der Waals surface area contributed by atoms with E-state index in [2.05, 4.69) is 15.5 Å². The van der Waals surface area contributed by atoms with Gasteiger partial charge < -0.3 is 9.57 Å². The number of nitrogens with zero attached hydrogens (tertiary/aromatic N) is 2. The van der Waals surface area contributed by atoms with Crippen molar-refractivity contribution in [2.75, 3.05) is 18.5 Å². The average molecular weight is 446 g/mol. The molecule has 2 aliphatic rings. The van der Waals surface area contributed by atoms with E-state index in [9.17, 15) is 17.6 Å². The lowest BCUT2D eigenvalue weighted by Crippen LogP contribution is -2.24. The first-order valence-electron chi connectivity index (χ1n) is 8.52. The van der Waals surface area contributed by atoms with E-state index in [4.69, 9.17) is 9.57 Å². The Kier molecular flexibility index (Phi) is 5.45. The highest BCUT2D eigenvalue weighted by atomic mass is 32.2. The fraction of sp³-hybridized carbons (Fsp3) is 0.438. The Bertz CT molecular complexity index is 1010. The molecule has 2 aromatic heterocycles. The van der Waals surface area contributed by atoms with Crippen LogP contribution in [0.2, 0.25) is 0 Å². The number of nitrogens with one attached hydrogen (secondary N) is 1. The number of hydrogen-bond acceptors (Lipinski definition) is 9. The van der Waals surface area contributed by atoms with Crippen molar-refractivity contribution in [1.29, 1.82) is 0 Å². The second-order valence-corrected chi connectivity index (χ2v) is 10.8. The molecule has 3 heterocycles. The number of halogens is 1. The molecule has 2 aromatic rings. The molecule has 0 aromatic carbocycles. The van der Waals surface area contributed by atoms with Crippen molar-refractivity contribution in [1.82, 2.24) is 4.98 Å². The van der Waals surface area contributed by atoms with Gasteiger partial charge in [-0.3, -0.25) is 10.1 Å². The topological polar surface area (TPSA) is 107 Å². The van der Waals surface area contributed by atoms with E-state index in [1.54, 1.807) is 0 Å². The highest BCUT2D eigenvalue weighted by molar-refractivity contribution is 7.94. The summed E-state index contributed by atoms with van der Waals surface area (Å²) in [5.41, 5.74) is -0.0928. The van der Waals surface area contributed by atoms with Crippen LogP contribution in [0.5, 0.6) is 0 Å². The molecule has 1 N–H and O–H groups in total. The van der Waals surface area contributed by atoms with Crippen molar-refractivity contribution in [2.24, 2.45) is 5.16 Å². The van der Waals surface area contributed by atoms with E-state index in [0.29, 0.717) is 48.7 Å². The van der Waals surface area contributed by atoms with Crippen molar-refractivity contribution < 1.29 is 27.2 Å². The minimum atomic E-state index is -3.38. The molecule has 1 saturated heterocycles. The highest BCUT2D eigenvalue weighted by Crippen LogP contribution is 2.36. The number of carbonyl (C=O) groups excluding carboxylic acids is 1. The van der Waals surface area contributed by atoms with Crippen molar-refractivity contribution in [3.05, 3.63) is 28.3 Å². The number of anilines is 1. The van der Waals surface area contributed by atoms with Gasteiger partial charge in [-0.15, -0.1) is 11.3 Å². The Morgan fingerprint density at radius 3 is 2.79 bits per heavy atom. The average Bonchev–Trinajstić information content (AvgIpc) is 3.04. The molecule has 4 rings (SSSR count). The molecular formula is C16H16FN3O5S3. The summed E-state index contributed by atoms with van der Waals surface area (Å²) in [5.74, 6) is -0.662. The second-order valence-electron chi connectivity index (χ2n) is 6.32. The van der Waals surface area contributed by atoms with Crippen LogP contribution in [-0.4, -0.2) is 49.6 Å². The lowest BCUT2D eigenvalue weighted by Gasteiger charge is -2.08. The van der Waals surface area contributed by atoms with Gasteiger partial charge in [0.25, 0.3) is 5.91 Å². The zero-order chi connectivity index (χ0) is 19.7. The number of rotatable bonds is 7. The standard InChI is InChI=1S/C16H16FN3O5S3/c17-12-7-18-16(27-12)19-15(21)14(20-25-9-5-6-24-8-9)11-3-4-13(26-11)28(22,23)10-1-2-10/h3-4,7,9-10H,1-2,5-6,8H2,(H,18,19,21)/t9-/m1/s1. The molecular weight excluding hydrogens is 429 g/mol. The predicted octanol–water partition coefficient (Wildman–Crippen LogP) is 2.43. The molecule has 8 nitrogen and oxygen atoms in total. The van der Waals surface area contributed by atoms with Crippen LogP contribution < -0.4 is 5.32 Å². The number of thiophene rings is 1. The minimum Gasteiger partial charge on any atom is -0.389 e. The van der Waals surface area contributed by atoms with Crippen LogP contribution in [0.15, 0.2) is 27.7 Å². The van der Waals surface area contributed by atoms with Gasteiger partial charge >= 0.3 is 0 Å². The van der Waals surface area contributed by atoms with E-state index in [-0.39, 0.29) is 26.4 Å². The largest absolute Gasteiger partial charge is 0.389 e. The fourth-order valence-electron chi connectivity index (χ4n) is 2.53. The van der Waals surface area contributed by atoms with Gasteiger partial charge in [0, 0.05) is 6.42 Å². The van der Waals surface area contributed by atoms with Gasteiger partial charge in [0.1, 0.15) is 4.21 Å². The molecule has 0 radical (unpaired) electrons. The summed E-state index contributed by atoms with van der Waals surface area (Å²) in [6.45, 7) is 0.907. The Morgan fingerprint density at radius 1 is 1.32 bits per heavy atom. The number of ether oxygens (including phenoxy) is 1. The monoisotopic (exact) mass is 445 g/mol. The molecule has 0 bridgehead atoms. The molecule has 12 heteroatoms. The summed E-state index contributed by atoms with van der Waals surface area (Å²) in [6.07, 6.45) is 2.65. The maximum Gasteiger partial charge on any atom is 0.280 e. The molecule has 1 atom stereocenters. The summed E-state index contributed by atoms with van der Waals surface area (Å²) >= 11 is 1.64. The Balaban J connectivity index is 1.59. The third-order valence-electron chi connectivity index (χ3n) is 4.15. The third kappa shape index (κ3) is 4.24. The smallest absolute Gasteiger partial charge is 0.280 e. The van der Waals surface area contributed by atoms with Crippen LogP contribution in [0, 0.1) is 5.13 Å². The maximum absolute atomic E-state index is 13.1. The van der Waals surface area contributed by atoms with Crippen LogP contribution >= 0.6 is 22.7 Å². The molecule has 0 spiro atoms. The van der Waals surface area contributed by atoms with Crippen LogP contribution in [0.4, 0.5) is 9.52 Å². The van der Waals surface area contributed by atoms with Crippen LogP contribution in [-0.2, 0) is 24.2 Å². The SMILES string of the molecule is O=C(Nc1ncc(F)s1)C(=NO[C@@H]1CCOC1)c1ccc(S(=O)(=O)C2CC2)s1. The summed E-state index contributed by atoms with van der Waals surface area (Å²) < 4.78 is 43.4. The normalized spacial score (nSPS) is 20.3. The number of thiazole rings is 1. The van der Waals surface area contributed by atoms with E-state index < -0.39 is 20.9 Å². The summed E-state index contributed by atoms with van der Waals surface area (Å²) in [7, 11) is -3.38. The van der Waals surface area contributed by atoms with Crippen molar-refractivity contribution in [3.63, 3.8) is 0 Å². The van der Waals surface area contributed by atoms with Crippen LogP contribution in [0.25, 0.3) is 0 Å². The Morgan fingerprint density at radius 2 is 2.14 bits per heavy atom. The van der Waals surface area contributed by atoms with Gasteiger partial charge in [0.05, 0.1) is 29.5 Å². The van der Waals surface area contributed by atoms with Gasteiger partial charge in [-0.2, -0.15) is 4.39 Å². The van der Waals surface area contributed by atoms with E-state index in [1.807, 2.05) is 0 Å². The second kappa shape index (κ2) is 7.85. The first-order chi connectivity index (χ1) is 13.4. The predicted molar refractivity (Wildman–Crippen MR) is 102 cm³/mol. The number of amides is 1. The van der Waals surface area contributed by atoms with Crippen molar-refractivity contribution >= 4 is 49.3 Å². The van der Waals surface area contributed by atoms with E-state index in [0.717, 1.165) is 17.5 Å². The van der Waals surface area contributed by atoms with Gasteiger partial charge in [0.15, 0.2) is 31.9 Å². The number of oxime groups is 1. The Labute approximate surface area is 168 Å². The molecule has 1 aliphatic carbocycles. The Hall–Kier alpha value is -1.89. The van der Waals surface area contributed by atoms with Gasteiger partial charge in [-0.25, -0.2) is 13.4 Å². The highest BCUT2D eigenvalue weighted by Gasteiger charge is 2.38. The van der Waals surface area contributed by atoms with Crippen molar-refractivity contribution in [3.8, 4) is 0 Å². The summed E-state index contributed by atoms with van der Waals surface area (Å²) in [6, 6.07) is 2.99. The summed E-state index contributed by atoms with van der Waals surface area (Å²) in [4.78, 5) is 22.2. The molecule has 1 saturated carbocycles. The van der Waals surface area contributed by atoms with Gasteiger partial charge in [-0.1, -0.05) is 16.5 Å². The molecule has 0 unspecified atom stereocenters. The van der Waals surface area contributed by atoms with E-state index >= 15 is 0 Å². The van der Waals surface area contributed by atoms with Crippen molar-refractivity contribution in [2.45, 2.75) is 34.8 Å². The first-order valence-corrected chi connectivity index (χ1v) is 11.7. The summed E-state index contributed by atoms with van der Waals surface area (Å²) in [5, 5.41) is 5.60. The third-order valence-corrected chi connectivity index (χ3v) is 8.73. The maximum atomic E-state index is 13.1. The molecule has 1 aliphatic heterocycles. The zero-order valence-corrected chi connectivity index (χ0v) is 16.9. The molecule has 2 fully saturated rings. The number of carbonyl (C=O) groups is 1. The lowest BCUT2D eigenvalue weighted by atomic mass is 10.3. The molecule has 28 heavy (non-hydrogen) atoms.